The molecule has 2 heterocycles. The number of benzene rings is 1. The predicted octanol–water partition coefficient (Wildman–Crippen LogP) is 0.0320. The van der Waals surface area contributed by atoms with Gasteiger partial charge in [0.15, 0.2) is 5.82 Å². The van der Waals surface area contributed by atoms with Crippen molar-refractivity contribution in [3.05, 3.63) is 57.5 Å². The predicted molar refractivity (Wildman–Crippen MR) is 70.1 cm³/mol. The summed E-state index contributed by atoms with van der Waals surface area (Å²) in [4.78, 5) is 11.8. The Bertz CT molecular complexity index is 756. The fourth-order valence-corrected chi connectivity index (χ4v) is 2.04. The summed E-state index contributed by atoms with van der Waals surface area (Å²) in [5, 5.41) is 20.1. The third kappa shape index (κ3) is 2.48. The fraction of sp³-hybridized carbons (Fsp3) is 0.250. The maximum Gasteiger partial charge on any atom is 0.343 e. The van der Waals surface area contributed by atoms with E-state index in [0.29, 0.717) is 24.6 Å². The van der Waals surface area contributed by atoms with Gasteiger partial charge in [0.25, 0.3) is 0 Å². The van der Waals surface area contributed by atoms with Gasteiger partial charge in [0.05, 0.1) is 13.0 Å². The van der Waals surface area contributed by atoms with Gasteiger partial charge < -0.3 is 0 Å². The second-order valence-electron chi connectivity index (χ2n) is 4.52. The first-order chi connectivity index (χ1) is 9.72. The SMILES string of the molecule is Cc1cccc(Cn2c(Cc3nn[nH]n3)n[nH]c2=O)c1. The molecule has 0 spiro atoms. The molecule has 0 atom stereocenters. The van der Waals surface area contributed by atoms with E-state index >= 15 is 0 Å². The maximum absolute atomic E-state index is 11.8. The molecule has 0 saturated heterocycles. The molecule has 0 amide bonds. The van der Waals surface area contributed by atoms with Gasteiger partial charge in [-0.25, -0.2) is 9.89 Å². The monoisotopic (exact) mass is 271 g/mol. The highest BCUT2D eigenvalue weighted by atomic mass is 16.1. The number of nitrogens with zero attached hydrogens (tertiary/aromatic N) is 5. The molecular weight excluding hydrogens is 258 g/mol. The van der Waals surface area contributed by atoms with Crippen molar-refractivity contribution in [3.63, 3.8) is 0 Å². The van der Waals surface area contributed by atoms with E-state index < -0.39 is 0 Å². The Kier molecular flexibility index (Phi) is 3.12. The highest BCUT2D eigenvalue weighted by molar-refractivity contribution is 5.22. The summed E-state index contributed by atoms with van der Waals surface area (Å²) in [6.07, 6.45) is 0.348. The third-order valence-electron chi connectivity index (χ3n) is 2.97. The standard InChI is InChI=1S/C12H13N7O/c1-8-3-2-4-9(5-8)7-19-11(15-16-12(19)20)6-10-13-17-18-14-10/h2-5H,6-7H2,1H3,(H,16,20)(H,13,14,17,18). The zero-order chi connectivity index (χ0) is 13.9. The Morgan fingerprint density at radius 3 is 2.95 bits per heavy atom. The van der Waals surface area contributed by atoms with Gasteiger partial charge in [-0.15, -0.1) is 10.2 Å². The largest absolute Gasteiger partial charge is 0.343 e. The topological polar surface area (TPSA) is 105 Å². The minimum Gasteiger partial charge on any atom is -0.274 e. The molecule has 1 aromatic carbocycles. The third-order valence-corrected chi connectivity index (χ3v) is 2.97. The number of hydrogen-bond donors (Lipinski definition) is 2. The van der Waals surface area contributed by atoms with Crippen LogP contribution in [-0.4, -0.2) is 35.4 Å². The lowest BCUT2D eigenvalue weighted by atomic mass is 10.1. The van der Waals surface area contributed by atoms with Gasteiger partial charge in [-0.3, -0.25) is 4.57 Å². The molecule has 0 radical (unpaired) electrons. The molecule has 0 bridgehead atoms. The normalized spacial score (nSPS) is 10.8. The zero-order valence-corrected chi connectivity index (χ0v) is 10.9. The number of nitrogens with one attached hydrogen (secondary N) is 2. The van der Waals surface area contributed by atoms with E-state index in [1.54, 1.807) is 4.57 Å². The van der Waals surface area contributed by atoms with Crippen LogP contribution < -0.4 is 5.69 Å². The minimum atomic E-state index is -0.245. The van der Waals surface area contributed by atoms with E-state index in [1.807, 2.05) is 31.2 Å². The summed E-state index contributed by atoms with van der Waals surface area (Å²) in [6.45, 7) is 2.48. The molecule has 0 fully saturated rings. The number of aryl methyl sites for hydroxylation is 1. The van der Waals surface area contributed by atoms with E-state index in [0.717, 1.165) is 11.1 Å². The second kappa shape index (κ2) is 5.08. The first-order valence-electron chi connectivity index (χ1n) is 6.14. The lowest BCUT2D eigenvalue weighted by Gasteiger charge is -2.05. The molecule has 2 N–H and O–H groups in total. The van der Waals surface area contributed by atoms with Gasteiger partial charge in [-0.1, -0.05) is 35.0 Å². The quantitative estimate of drug-likeness (QED) is 0.696. The first-order valence-corrected chi connectivity index (χ1v) is 6.14. The van der Waals surface area contributed by atoms with Crippen molar-refractivity contribution in [2.45, 2.75) is 19.9 Å². The fourth-order valence-electron chi connectivity index (χ4n) is 2.04. The zero-order valence-electron chi connectivity index (χ0n) is 10.9. The van der Waals surface area contributed by atoms with Gasteiger partial charge >= 0.3 is 5.69 Å². The number of rotatable bonds is 4. The highest BCUT2D eigenvalue weighted by Crippen LogP contribution is 2.07. The van der Waals surface area contributed by atoms with Crippen LogP contribution >= 0.6 is 0 Å². The molecule has 0 aliphatic heterocycles. The maximum atomic E-state index is 11.8. The van der Waals surface area contributed by atoms with Gasteiger partial charge in [0.1, 0.15) is 5.82 Å². The highest BCUT2D eigenvalue weighted by Gasteiger charge is 2.11. The van der Waals surface area contributed by atoms with Crippen LogP contribution in [0.1, 0.15) is 22.8 Å². The van der Waals surface area contributed by atoms with E-state index in [-0.39, 0.29) is 5.69 Å². The molecule has 0 aliphatic rings. The molecule has 3 aromatic rings. The molecule has 20 heavy (non-hydrogen) atoms. The number of H-pyrrole nitrogens is 2. The lowest BCUT2D eigenvalue weighted by molar-refractivity contribution is 0.707. The number of tetrazole rings is 1. The molecule has 0 unspecified atom stereocenters. The Labute approximate surface area is 113 Å². The Morgan fingerprint density at radius 1 is 1.30 bits per heavy atom. The van der Waals surface area contributed by atoms with Crippen LogP contribution in [0, 0.1) is 6.92 Å². The summed E-state index contributed by atoms with van der Waals surface area (Å²) >= 11 is 0. The Hall–Kier alpha value is -2.77. The van der Waals surface area contributed by atoms with Crippen molar-refractivity contribution in [2.75, 3.05) is 0 Å². The van der Waals surface area contributed by atoms with E-state index in [1.165, 1.54) is 0 Å². The van der Waals surface area contributed by atoms with Crippen molar-refractivity contribution >= 4 is 0 Å². The van der Waals surface area contributed by atoms with Crippen molar-refractivity contribution < 1.29 is 0 Å². The van der Waals surface area contributed by atoms with Crippen molar-refractivity contribution in [1.29, 1.82) is 0 Å². The molecule has 0 aliphatic carbocycles. The van der Waals surface area contributed by atoms with Gasteiger partial charge in [0.2, 0.25) is 0 Å². The molecule has 8 heteroatoms. The summed E-state index contributed by atoms with van der Waals surface area (Å²) < 4.78 is 1.57. The van der Waals surface area contributed by atoms with E-state index in [2.05, 4.69) is 30.8 Å². The van der Waals surface area contributed by atoms with Crippen molar-refractivity contribution in [1.82, 2.24) is 35.4 Å². The van der Waals surface area contributed by atoms with Crippen LogP contribution in [0.25, 0.3) is 0 Å². The van der Waals surface area contributed by atoms with Gasteiger partial charge in [-0.05, 0) is 12.5 Å². The molecular formula is C12H13N7O. The van der Waals surface area contributed by atoms with Crippen LogP contribution in [0.4, 0.5) is 0 Å². The lowest BCUT2D eigenvalue weighted by Crippen LogP contribution is -2.20. The smallest absolute Gasteiger partial charge is 0.274 e. The average molecular weight is 271 g/mol. The average Bonchev–Trinajstić information content (AvgIpc) is 3.04. The summed E-state index contributed by atoms with van der Waals surface area (Å²) in [5.74, 6) is 1.08. The van der Waals surface area contributed by atoms with Crippen LogP contribution in [0.15, 0.2) is 29.1 Å². The summed E-state index contributed by atoms with van der Waals surface area (Å²) in [5.41, 5.74) is 1.95. The second-order valence-corrected chi connectivity index (χ2v) is 4.52. The van der Waals surface area contributed by atoms with Crippen LogP contribution in [0.2, 0.25) is 0 Å². The summed E-state index contributed by atoms with van der Waals surface area (Å²) in [7, 11) is 0. The summed E-state index contributed by atoms with van der Waals surface area (Å²) in [6, 6.07) is 8.00. The van der Waals surface area contributed by atoms with Gasteiger partial charge in [-0.2, -0.15) is 10.3 Å². The molecule has 8 nitrogen and oxygen atoms in total. The molecule has 102 valence electrons. The van der Waals surface area contributed by atoms with E-state index in [4.69, 9.17) is 0 Å². The van der Waals surface area contributed by atoms with E-state index in [9.17, 15) is 4.79 Å². The van der Waals surface area contributed by atoms with Crippen LogP contribution in [0.5, 0.6) is 0 Å². The number of hydrogen-bond acceptors (Lipinski definition) is 5. The molecule has 3 rings (SSSR count). The number of aromatic amines is 2. The Morgan fingerprint density at radius 2 is 2.20 bits per heavy atom. The molecule has 2 aromatic heterocycles. The van der Waals surface area contributed by atoms with Crippen LogP contribution in [0.3, 0.4) is 0 Å². The first kappa shape index (κ1) is 12.3. The van der Waals surface area contributed by atoms with Crippen molar-refractivity contribution in [2.24, 2.45) is 0 Å². The van der Waals surface area contributed by atoms with Gasteiger partial charge in [0, 0.05) is 0 Å². The number of aromatic nitrogens is 7. The molecule has 0 saturated carbocycles. The van der Waals surface area contributed by atoms with Crippen molar-refractivity contribution in [3.8, 4) is 0 Å². The Balaban J connectivity index is 1.89. The minimum absolute atomic E-state index is 0.245. The van der Waals surface area contributed by atoms with Crippen LogP contribution in [-0.2, 0) is 13.0 Å².